The van der Waals surface area contributed by atoms with Crippen LogP contribution in [0.2, 0.25) is 10.0 Å². The minimum absolute atomic E-state index is 0.469. The molecule has 3 nitrogen and oxygen atoms in total. The van der Waals surface area contributed by atoms with Gasteiger partial charge in [-0.15, -0.1) is 0 Å². The van der Waals surface area contributed by atoms with Crippen molar-refractivity contribution in [3.8, 4) is 11.5 Å². The van der Waals surface area contributed by atoms with Crippen LogP contribution in [0.1, 0.15) is 23.6 Å². The number of halogens is 3. The van der Waals surface area contributed by atoms with Crippen molar-refractivity contribution in [2.24, 2.45) is 0 Å². The number of hydrogen-bond acceptors (Lipinski definition) is 3. The van der Waals surface area contributed by atoms with Crippen LogP contribution in [0.15, 0.2) is 59.1 Å². The normalized spacial score (nSPS) is 10.7. The summed E-state index contributed by atoms with van der Waals surface area (Å²) in [6.07, 6.45) is 0. The van der Waals surface area contributed by atoms with Gasteiger partial charge in [-0.2, -0.15) is 0 Å². The molecular formula is C23H22BrCl2NO2. The first-order chi connectivity index (χ1) is 14.0. The molecule has 0 saturated heterocycles. The molecule has 0 aliphatic heterocycles. The molecule has 0 unspecified atom stereocenters. The SMILES string of the molecule is CCOc1cc(CNc2ccc(Cl)cc2Cl)cc(Br)c1OCc1ccc(C)cc1. The maximum Gasteiger partial charge on any atom is 0.175 e. The first-order valence-corrected chi connectivity index (χ1v) is 10.8. The first-order valence-electron chi connectivity index (χ1n) is 9.28. The molecule has 6 heteroatoms. The lowest BCUT2D eigenvalue weighted by Crippen LogP contribution is -2.04. The minimum Gasteiger partial charge on any atom is -0.490 e. The Morgan fingerprint density at radius 1 is 0.931 bits per heavy atom. The molecule has 1 N–H and O–H groups in total. The predicted molar refractivity (Wildman–Crippen MR) is 125 cm³/mol. The van der Waals surface area contributed by atoms with Crippen molar-refractivity contribution in [3.05, 3.63) is 85.8 Å². The molecule has 0 radical (unpaired) electrons. The zero-order valence-electron chi connectivity index (χ0n) is 16.3. The van der Waals surface area contributed by atoms with Crippen LogP contribution in [0.3, 0.4) is 0 Å². The number of hydrogen-bond donors (Lipinski definition) is 1. The fourth-order valence-electron chi connectivity index (χ4n) is 2.80. The second-order valence-corrected chi connectivity index (χ2v) is 8.29. The standard InChI is InChI=1S/C23H22BrCl2NO2/c1-3-28-22-11-17(13-27-21-9-8-18(25)12-20(21)26)10-19(24)23(22)29-14-16-6-4-15(2)5-7-16/h4-12,27H,3,13-14H2,1-2H3. The molecule has 0 atom stereocenters. The van der Waals surface area contributed by atoms with E-state index in [9.17, 15) is 0 Å². The van der Waals surface area contributed by atoms with E-state index in [4.69, 9.17) is 32.7 Å². The molecule has 3 rings (SSSR count). The molecule has 0 aromatic heterocycles. The van der Waals surface area contributed by atoms with Crippen LogP contribution in [0.25, 0.3) is 0 Å². The van der Waals surface area contributed by atoms with Crippen LogP contribution < -0.4 is 14.8 Å². The third-order valence-electron chi connectivity index (χ3n) is 4.29. The van der Waals surface area contributed by atoms with E-state index in [1.54, 1.807) is 12.1 Å². The zero-order valence-corrected chi connectivity index (χ0v) is 19.4. The highest BCUT2D eigenvalue weighted by molar-refractivity contribution is 9.10. The Balaban J connectivity index is 1.75. The van der Waals surface area contributed by atoms with E-state index in [0.29, 0.717) is 41.3 Å². The van der Waals surface area contributed by atoms with Crippen LogP contribution in [-0.2, 0) is 13.2 Å². The zero-order chi connectivity index (χ0) is 20.8. The van der Waals surface area contributed by atoms with Crippen molar-refractivity contribution in [1.82, 2.24) is 0 Å². The van der Waals surface area contributed by atoms with Gasteiger partial charge in [0, 0.05) is 11.6 Å². The highest BCUT2D eigenvalue weighted by Crippen LogP contribution is 2.38. The van der Waals surface area contributed by atoms with Crippen LogP contribution in [-0.4, -0.2) is 6.61 Å². The Kier molecular flexibility index (Phi) is 7.70. The Morgan fingerprint density at radius 3 is 2.38 bits per heavy atom. The maximum absolute atomic E-state index is 6.24. The van der Waals surface area contributed by atoms with Gasteiger partial charge in [0.15, 0.2) is 11.5 Å². The molecule has 0 bridgehead atoms. The second-order valence-electron chi connectivity index (χ2n) is 6.59. The second kappa shape index (κ2) is 10.2. The molecule has 29 heavy (non-hydrogen) atoms. The monoisotopic (exact) mass is 493 g/mol. The third-order valence-corrected chi connectivity index (χ3v) is 5.42. The van der Waals surface area contributed by atoms with Crippen molar-refractivity contribution in [2.45, 2.75) is 27.0 Å². The van der Waals surface area contributed by atoms with Gasteiger partial charge >= 0.3 is 0 Å². The molecular weight excluding hydrogens is 473 g/mol. The Morgan fingerprint density at radius 2 is 1.69 bits per heavy atom. The molecule has 0 aliphatic carbocycles. The van der Waals surface area contributed by atoms with E-state index in [-0.39, 0.29) is 0 Å². The van der Waals surface area contributed by atoms with Gasteiger partial charge in [-0.25, -0.2) is 0 Å². The third kappa shape index (κ3) is 6.05. The van der Waals surface area contributed by atoms with Gasteiger partial charge in [-0.3, -0.25) is 0 Å². The summed E-state index contributed by atoms with van der Waals surface area (Å²) in [7, 11) is 0. The van der Waals surface area contributed by atoms with Crippen LogP contribution in [0.5, 0.6) is 11.5 Å². The van der Waals surface area contributed by atoms with Gasteiger partial charge in [0.2, 0.25) is 0 Å². The van der Waals surface area contributed by atoms with Gasteiger partial charge in [0.05, 0.1) is 21.8 Å². The van der Waals surface area contributed by atoms with Crippen LogP contribution in [0.4, 0.5) is 5.69 Å². The summed E-state index contributed by atoms with van der Waals surface area (Å²) < 4.78 is 12.7. The molecule has 0 saturated carbocycles. The summed E-state index contributed by atoms with van der Waals surface area (Å²) in [5.41, 5.74) is 4.19. The highest BCUT2D eigenvalue weighted by atomic mass is 79.9. The summed E-state index contributed by atoms with van der Waals surface area (Å²) in [5.74, 6) is 1.40. The van der Waals surface area contributed by atoms with Crippen molar-refractivity contribution >= 4 is 44.8 Å². The topological polar surface area (TPSA) is 30.5 Å². The number of benzene rings is 3. The predicted octanol–water partition coefficient (Wildman–Crippen LogP) is 7.65. The van der Waals surface area contributed by atoms with Gasteiger partial charge < -0.3 is 14.8 Å². The van der Waals surface area contributed by atoms with Crippen molar-refractivity contribution in [2.75, 3.05) is 11.9 Å². The number of rotatable bonds is 8. The van der Waals surface area contributed by atoms with Crippen molar-refractivity contribution in [1.29, 1.82) is 0 Å². The van der Waals surface area contributed by atoms with Gasteiger partial charge in [-0.05, 0) is 71.2 Å². The number of ether oxygens (including phenoxy) is 2. The summed E-state index contributed by atoms with van der Waals surface area (Å²) in [6, 6.07) is 17.7. The average Bonchev–Trinajstić information content (AvgIpc) is 2.68. The minimum atomic E-state index is 0.469. The fraction of sp³-hybridized carbons (Fsp3) is 0.217. The number of aryl methyl sites for hydroxylation is 1. The highest BCUT2D eigenvalue weighted by Gasteiger charge is 2.13. The maximum atomic E-state index is 6.24. The molecule has 0 spiro atoms. The van der Waals surface area contributed by atoms with E-state index < -0.39 is 0 Å². The van der Waals surface area contributed by atoms with E-state index >= 15 is 0 Å². The number of nitrogens with one attached hydrogen (secondary N) is 1. The van der Waals surface area contributed by atoms with E-state index in [1.807, 2.05) is 25.1 Å². The van der Waals surface area contributed by atoms with E-state index in [0.717, 1.165) is 21.3 Å². The molecule has 0 aliphatic rings. The van der Waals surface area contributed by atoms with Crippen LogP contribution in [0, 0.1) is 6.92 Å². The molecule has 3 aromatic rings. The summed E-state index contributed by atoms with van der Waals surface area (Å²) in [6.45, 7) is 5.62. The summed E-state index contributed by atoms with van der Waals surface area (Å²) >= 11 is 15.8. The van der Waals surface area contributed by atoms with Gasteiger partial charge in [0.1, 0.15) is 6.61 Å². The molecule has 3 aromatic carbocycles. The first kappa shape index (κ1) is 21.8. The van der Waals surface area contributed by atoms with Crippen molar-refractivity contribution < 1.29 is 9.47 Å². The quantitative estimate of drug-likeness (QED) is 0.348. The lowest BCUT2D eigenvalue weighted by molar-refractivity contribution is 0.267. The molecule has 0 amide bonds. The average molecular weight is 495 g/mol. The number of anilines is 1. The Hall–Kier alpha value is -1.88. The van der Waals surface area contributed by atoms with Gasteiger partial charge in [0.25, 0.3) is 0 Å². The van der Waals surface area contributed by atoms with Crippen LogP contribution >= 0.6 is 39.1 Å². The molecule has 152 valence electrons. The Bertz CT molecular complexity index is 977. The van der Waals surface area contributed by atoms with E-state index in [1.165, 1.54) is 5.56 Å². The fourth-order valence-corrected chi connectivity index (χ4v) is 3.88. The lowest BCUT2D eigenvalue weighted by atomic mass is 10.1. The van der Waals surface area contributed by atoms with Gasteiger partial charge in [-0.1, -0.05) is 53.0 Å². The largest absolute Gasteiger partial charge is 0.490 e. The lowest BCUT2D eigenvalue weighted by Gasteiger charge is -2.16. The Labute approximate surface area is 190 Å². The van der Waals surface area contributed by atoms with E-state index in [2.05, 4.69) is 52.4 Å². The smallest absolute Gasteiger partial charge is 0.175 e. The summed E-state index contributed by atoms with van der Waals surface area (Å²) in [5, 5.41) is 4.52. The van der Waals surface area contributed by atoms with Crippen molar-refractivity contribution in [3.63, 3.8) is 0 Å². The summed E-state index contributed by atoms with van der Waals surface area (Å²) in [4.78, 5) is 0. The molecule has 0 heterocycles. The molecule has 0 fully saturated rings.